The number of esters is 1. The second-order valence-electron chi connectivity index (χ2n) is 3.59. The van der Waals surface area contributed by atoms with Gasteiger partial charge in [0.2, 0.25) is 5.17 Å². The number of halogens is 2. The summed E-state index contributed by atoms with van der Waals surface area (Å²) in [6.45, 7) is 3.86. The van der Waals surface area contributed by atoms with Gasteiger partial charge in [-0.25, -0.2) is 4.79 Å². The monoisotopic (exact) mass is 300 g/mol. The Labute approximate surface area is 122 Å². The maximum absolute atomic E-state index is 11.4. The van der Waals surface area contributed by atoms with Gasteiger partial charge in [-0.15, -0.1) is 6.58 Å². The van der Waals surface area contributed by atoms with Crippen LogP contribution in [0.25, 0.3) is 0 Å². The minimum atomic E-state index is -0.660. The van der Waals surface area contributed by atoms with Crippen molar-refractivity contribution >= 4 is 40.0 Å². The molecule has 0 aliphatic carbocycles. The number of anilines is 1. The van der Waals surface area contributed by atoms with Crippen molar-refractivity contribution in [1.29, 1.82) is 0 Å². The molecule has 1 aromatic rings. The lowest BCUT2D eigenvalue weighted by molar-refractivity contribution is -0.135. The van der Waals surface area contributed by atoms with E-state index in [0.29, 0.717) is 17.1 Å². The summed E-state index contributed by atoms with van der Waals surface area (Å²) in [6, 6.07) is 6.82. The minimum Gasteiger partial charge on any atom is -0.460 e. The Balaban J connectivity index is 2.40. The second-order valence-corrected chi connectivity index (χ2v) is 4.38. The van der Waals surface area contributed by atoms with Crippen LogP contribution in [0.1, 0.15) is 12.8 Å². The highest BCUT2D eigenvalue weighted by Crippen LogP contribution is 2.13. The first-order valence-electron chi connectivity index (χ1n) is 5.66. The average molecular weight is 301 g/mol. The summed E-state index contributed by atoms with van der Waals surface area (Å²) in [5.74, 6) is -0.660. The third kappa shape index (κ3) is 6.27. The van der Waals surface area contributed by atoms with Gasteiger partial charge in [-0.3, -0.25) is 5.43 Å². The maximum atomic E-state index is 11.4. The van der Waals surface area contributed by atoms with Gasteiger partial charge in [0.05, 0.1) is 12.3 Å². The van der Waals surface area contributed by atoms with E-state index in [1.54, 1.807) is 30.3 Å². The van der Waals surface area contributed by atoms with Crippen molar-refractivity contribution in [2.24, 2.45) is 5.10 Å². The standard InChI is InChI=1S/C13H14Cl2N2O2/c1-2-3-4-9-19-13(18)12(15)17-16-11-7-5-10(14)6-8-11/h2,5-8,16H,1,3-4,9H2. The predicted octanol–water partition coefficient (Wildman–Crippen LogP) is 3.81. The van der Waals surface area contributed by atoms with E-state index in [1.807, 2.05) is 0 Å². The molecule has 0 aliphatic rings. The molecule has 1 aromatic carbocycles. The van der Waals surface area contributed by atoms with Crippen LogP contribution in [0.2, 0.25) is 5.02 Å². The van der Waals surface area contributed by atoms with Crippen LogP contribution in [0.5, 0.6) is 0 Å². The summed E-state index contributed by atoms with van der Waals surface area (Å²) >= 11 is 11.4. The largest absolute Gasteiger partial charge is 0.460 e. The second kappa shape index (κ2) is 8.56. The lowest BCUT2D eigenvalue weighted by Crippen LogP contribution is -2.14. The van der Waals surface area contributed by atoms with Crippen molar-refractivity contribution in [2.45, 2.75) is 12.8 Å². The zero-order valence-electron chi connectivity index (χ0n) is 10.2. The highest BCUT2D eigenvalue weighted by molar-refractivity contribution is 6.82. The zero-order chi connectivity index (χ0) is 14.1. The molecule has 19 heavy (non-hydrogen) atoms. The van der Waals surface area contributed by atoms with Gasteiger partial charge in [-0.05, 0) is 37.1 Å². The fraction of sp³-hybridized carbons (Fsp3) is 0.231. The number of nitrogens with zero attached hydrogens (tertiary/aromatic N) is 1. The van der Waals surface area contributed by atoms with E-state index in [9.17, 15) is 4.79 Å². The van der Waals surface area contributed by atoms with Gasteiger partial charge in [-0.2, -0.15) is 5.10 Å². The number of carbonyl (C=O) groups is 1. The molecule has 0 bridgehead atoms. The number of hydrazone groups is 1. The molecule has 0 saturated carbocycles. The molecule has 1 rings (SSSR count). The molecule has 0 atom stereocenters. The van der Waals surface area contributed by atoms with Crippen LogP contribution in [0.4, 0.5) is 5.69 Å². The van der Waals surface area contributed by atoms with E-state index in [1.165, 1.54) is 0 Å². The first-order chi connectivity index (χ1) is 9.13. The SMILES string of the molecule is C=CCCCOC(=O)C(Cl)=NNc1ccc(Cl)cc1. The number of allylic oxidation sites excluding steroid dienone is 1. The Morgan fingerprint density at radius 3 is 2.74 bits per heavy atom. The highest BCUT2D eigenvalue weighted by atomic mass is 35.5. The molecule has 4 nitrogen and oxygen atoms in total. The van der Waals surface area contributed by atoms with Crippen molar-refractivity contribution in [3.05, 3.63) is 41.9 Å². The molecule has 0 unspecified atom stereocenters. The number of benzene rings is 1. The van der Waals surface area contributed by atoms with Crippen LogP contribution >= 0.6 is 23.2 Å². The average Bonchev–Trinajstić information content (AvgIpc) is 2.42. The van der Waals surface area contributed by atoms with Crippen molar-refractivity contribution < 1.29 is 9.53 Å². The maximum Gasteiger partial charge on any atom is 0.370 e. The quantitative estimate of drug-likeness (QED) is 0.274. The van der Waals surface area contributed by atoms with Crippen molar-refractivity contribution in [3.63, 3.8) is 0 Å². The molecule has 0 aliphatic heterocycles. The molecule has 0 heterocycles. The van der Waals surface area contributed by atoms with E-state index in [0.717, 1.165) is 6.42 Å². The predicted molar refractivity (Wildman–Crippen MR) is 78.8 cm³/mol. The Kier molecular flexibility index (Phi) is 7.00. The lowest BCUT2D eigenvalue weighted by atomic mass is 10.3. The molecule has 0 saturated heterocycles. The molecule has 102 valence electrons. The summed E-state index contributed by atoms with van der Waals surface area (Å²) in [5, 5.41) is 4.07. The van der Waals surface area contributed by atoms with E-state index >= 15 is 0 Å². The summed E-state index contributed by atoms with van der Waals surface area (Å²) in [5.41, 5.74) is 3.30. The number of hydrogen-bond acceptors (Lipinski definition) is 4. The summed E-state index contributed by atoms with van der Waals surface area (Å²) in [6.07, 6.45) is 3.25. The van der Waals surface area contributed by atoms with Crippen LogP contribution in [0.15, 0.2) is 42.0 Å². The molecule has 0 fully saturated rings. The summed E-state index contributed by atoms with van der Waals surface area (Å²) in [4.78, 5) is 11.4. The Morgan fingerprint density at radius 2 is 2.11 bits per heavy atom. The van der Waals surface area contributed by atoms with Crippen LogP contribution in [-0.2, 0) is 9.53 Å². The van der Waals surface area contributed by atoms with Gasteiger partial charge < -0.3 is 4.74 Å². The van der Waals surface area contributed by atoms with E-state index in [-0.39, 0.29) is 11.8 Å². The number of hydrogen-bond donors (Lipinski definition) is 1. The first kappa shape index (κ1) is 15.5. The first-order valence-corrected chi connectivity index (χ1v) is 6.42. The van der Waals surface area contributed by atoms with Gasteiger partial charge >= 0.3 is 5.97 Å². The third-order valence-electron chi connectivity index (χ3n) is 2.08. The molecule has 0 radical (unpaired) electrons. The highest BCUT2D eigenvalue weighted by Gasteiger charge is 2.09. The Hall–Kier alpha value is -1.52. The van der Waals surface area contributed by atoms with E-state index in [4.69, 9.17) is 27.9 Å². The number of ether oxygens (including phenoxy) is 1. The molecule has 0 spiro atoms. The molecular formula is C13H14Cl2N2O2. The molecular weight excluding hydrogens is 287 g/mol. The summed E-state index contributed by atoms with van der Waals surface area (Å²) < 4.78 is 4.90. The fourth-order valence-corrected chi connectivity index (χ4v) is 1.36. The molecule has 1 N–H and O–H groups in total. The van der Waals surface area contributed by atoms with E-state index in [2.05, 4.69) is 17.1 Å². The molecule has 0 aromatic heterocycles. The van der Waals surface area contributed by atoms with Gasteiger partial charge in [-0.1, -0.05) is 29.3 Å². The number of rotatable bonds is 7. The third-order valence-corrected chi connectivity index (χ3v) is 2.57. The van der Waals surface area contributed by atoms with E-state index < -0.39 is 5.97 Å². The summed E-state index contributed by atoms with van der Waals surface area (Å²) in [7, 11) is 0. The van der Waals surface area contributed by atoms with Crippen molar-refractivity contribution in [3.8, 4) is 0 Å². The van der Waals surface area contributed by atoms with Crippen LogP contribution in [0, 0.1) is 0 Å². The Morgan fingerprint density at radius 1 is 1.42 bits per heavy atom. The van der Waals surface area contributed by atoms with Gasteiger partial charge in [0.1, 0.15) is 0 Å². The normalized spacial score (nSPS) is 10.9. The fourth-order valence-electron chi connectivity index (χ4n) is 1.14. The number of carbonyl (C=O) groups excluding carboxylic acids is 1. The lowest BCUT2D eigenvalue weighted by Gasteiger charge is -2.03. The molecule has 0 amide bonds. The molecule has 6 heteroatoms. The minimum absolute atomic E-state index is 0.256. The number of unbranched alkanes of at least 4 members (excludes halogenated alkanes) is 1. The van der Waals surface area contributed by atoms with Crippen molar-refractivity contribution in [2.75, 3.05) is 12.0 Å². The Bertz CT molecular complexity index is 458. The van der Waals surface area contributed by atoms with Crippen LogP contribution in [-0.4, -0.2) is 17.7 Å². The zero-order valence-corrected chi connectivity index (χ0v) is 11.7. The van der Waals surface area contributed by atoms with Crippen molar-refractivity contribution in [1.82, 2.24) is 0 Å². The number of nitrogens with one attached hydrogen (secondary N) is 1. The van der Waals surface area contributed by atoms with Gasteiger partial charge in [0.25, 0.3) is 0 Å². The smallest absolute Gasteiger partial charge is 0.370 e. The van der Waals surface area contributed by atoms with Crippen LogP contribution in [0.3, 0.4) is 0 Å². The van der Waals surface area contributed by atoms with Gasteiger partial charge in [0, 0.05) is 5.02 Å². The van der Waals surface area contributed by atoms with Gasteiger partial charge in [0.15, 0.2) is 0 Å². The van der Waals surface area contributed by atoms with Crippen LogP contribution < -0.4 is 5.43 Å². The topological polar surface area (TPSA) is 50.7 Å².